The fourth-order valence-electron chi connectivity index (χ4n) is 1.64. The SMILES string of the molecule is CCn1ccnc1-c1c(C(=O)O)cnn1C. The van der Waals surface area contributed by atoms with Gasteiger partial charge in [0.15, 0.2) is 5.82 Å². The minimum atomic E-state index is -0.992. The Morgan fingerprint density at radius 2 is 2.31 bits per heavy atom. The summed E-state index contributed by atoms with van der Waals surface area (Å²) in [5.74, 6) is -0.367. The number of imidazole rings is 1. The average molecular weight is 220 g/mol. The maximum absolute atomic E-state index is 11.0. The first-order valence-electron chi connectivity index (χ1n) is 4.92. The zero-order chi connectivity index (χ0) is 11.7. The van der Waals surface area contributed by atoms with E-state index in [1.54, 1.807) is 13.2 Å². The van der Waals surface area contributed by atoms with E-state index in [-0.39, 0.29) is 5.56 Å². The predicted molar refractivity (Wildman–Crippen MR) is 57.1 cm³/mol. The molecule has 84 valence electrons. The van der Waals surface area contributed by atoms with Crippen LogP contribution in [0.2, 0.25) is 0 Å². The summed E-state index contributed by atoms with van der Waals surface area (Å²) in [5, 5.41) is 13.0. The van der Waals surface area contributed by atoms with E-state index < -0.39 is 5.97 Å². The van der Waals surface area contributed by atoms with Gasteiger partial charge < -0.3 is 9.67 Å². The molecule has 0 saturated carbocycles. The van der Waals surface area contributed by atoms with Crippen molar-refractivity contribution in [2.45, 2.75) is 13.5 Å². The molecule has 0 aliphatic carbocycles. The lowest BCUT2D eigenvalue weighted by Gasteiger charge is -2.06. The van der Waals surface area contributed by atoms with E-state index in [9.17, 15) is 4.79 Å². The number of aryl methyl sites for hydroxylation is 2. The normalized spacial score (nSPS) is 10.6. The van der Waals surface area contributed by atoms with Gasteiger partial charge in [0.05, 0.1) is 6.20 Å². The lowest BCUT2D eigenvalue weighted by atomic mass is 10.2. The number of carboxylic acids is 1. The number of hydrogen-bond donors (Lipinski definition) is 1. The van der Waals surface area contributed by atoms with Crippen molar-refractivity contribution < 1.29 is 9.90 Å². The topological polar surface area (TPSA) is 72.9 Å². The third-order valence-corrected chi connectivity index (χ3v) is 2.44. The van der Waals surface area contributed by atoms with Crippen molar-refractivity contribution >= 4 is 5.97 Å². The second-order valence-electron chi connectivity index (χ2n) is 3.37. The van der Waals surface area contributed by atoms with Crippen LogP contribution in [0.15, 0.2) is 18.6 Å². The van der Waals surface area contributed by atoms with Crippen molar-refractivity contribution in [3.8, 4) is 11.5 Å². The number of rotatable bonds is 3. The summed E-state index contributed by atoms with van der Waals surface area (Å²) >= 11 is 0. The molecule has 0 amide bonds. The van der Waals surface area contributed by atoms with Gasteiger partial charge in [-0.25, -0.2) is 9.78 Å². The third kappa shape index (κ3) is 1.48. The van der Waals surface area contributed by atoms with Crippen molar-refractivity contribution in [3.63, 3.8) is 0 Å². The Balaban J connectivity index is 2.63. The van der Waals surface area contributed by atoms with Crippen LogP contribution in [-0.4, -0.2) is 30.4 Å². The highest BCUT2D eigenvalue weighted by atomic mass is 16.4. The van der Waals surface area contributed by atoms with Gasteiger partial charge >= 0.3 is 5.97 Å². The molecular weight excluding hydrogens is 208 g/mol. The molecule has 0 spiro atoms. The van der Waals surface area contributed by atoms with Gasteiger partial charge in [-0.1, -0.05) is 0 Å². The quantitative estimate of drug-likeness (QED) is 0.837. The van der Waals surface area contributed by atoms with Crippen LogP contribution < -0.4 is 0 Å². The van der Waals surface area contributed by atoms with Crippen LogP contribution in [0, 0.1) is 0 Å². The van der Waals surface area contributed by atoms with Crippen molar-refractivity contribution in [2.24, 2.45) is 7.05 Å². The molecule has 0 radical (unpaired) electrons. The molecule has 0 aliphatic heterocycles. The monoisotopic (exact) mass is 220 g/mol. The van der Waals surface area contributed by atoms with Crippen molar-refractivity contribution in [2.75, 3.05) is 0 Å². The molecule has 0 aliphatic rings. The summed E-state index contributed by atoms with van der Waals surface area (Å²) in [5.41, 5.74) is 0.697. The number of hydrogen-bond acceptors (Lipinski definition) is 3. The molecule has 16 heavy (non-hydrogen) atoms. The highest BCUT2D eigenvalue weighted by molar-refractivity contribution is 5.93. The molecule has 2 rings (SSSR count). The van der Waals surface area contributed by atoms with Gasteiger partial charge in [-0.3, -0.25) is 4.68 Å². The predicted octanol–water partition coefficient (Wildman–Crippen LogP) is 1.00. The molecule has 0 saturated heterocycles. The molecule has 2 aromatic rings. The lowest BCUT2D eigenvalue weighted by molar-refractivity contribution is 0.0697. The fraction of sp³-hybridized carbons (Fsp3) is 0.300. The standard InChI is InChI=1S/C10H12N4O2/c1-3-14-5-4-11-9(14)8-7(10(15)16)6-12-13(8)2/h4-6H,3H2,1-2H3,(H,15,16). The van der Waals surface area contributed by atoms with E-state index >= 15 is 0 Å². The van der Waals surface area contributed by atoms with Crippen LogP contribution in [0.4, 0.5) is 0 Å². The smallest absolute Gasteiger partial charge is 0.339 e. The Morgan fingerprint density at radius 3 is 2.94 bits per heavy atom. The first-order valence-corrected chi connectivity index (χ1v) is 4.92. The maximum Gasteiger partial charge on any atom is 0.339 e. The molecule has 6 heteroatoms. The Labute approximate surface area is 92.2 Å². The number of aromatic carboxylic acids is 1. The number of carbonyl (C=O) groups is 1. The second-order valence-corrected chi connectivity index (χ2v) is 3.37. The van der Waals surface area contributed by atoms with Gasteiger partial charge in [0.1, 0.15) is 11.3 Å². The number of nitrogens with zero attached hydrogens (tertiary/aromatic N) is 4. The highest BCUT2D eigenvalue weighted by Gasteiger charge is 2.19. The summed E-state index contributed by atoms with van der Waals surface area (Å²) < 4.78 is 3.40. The molecule has 1 N–H and O–H groups in total. The summed E-state index contributed by atoms with van der Waals surface area (Å²) in [6.07, 6.45) is 4.80. The van der Waals surface area contributed by atoms with Crippen molar-refractivity contribution in [1.29, 1.82) is 0 Å². The zero-order valence-corrected chi connectivity index (χ0v) is 9.08. The molecule has 2 heterocycles. The summed E-state index contributed by atoms with van der Waals surface area (Å²) in [7, 11) is 1.70. The van der Waals surface area contributed by atoms with Crippen LogP contribution in [0.1, 0.15) is 17.3 Å². The third-order valence-electron chi connectivity index (χ3n) is 2.44. The Kier molecular flexibility index (Phi) is 2.47. The molecule has 0 fully saturated rings. The summed E-state index contributed by atoms with van der Waals surface area (Å²) in [6, 6.07) is 0. The molecule has 6 nitrogen and oxygen atoms in total. The second kappa shape index (κ2) is 3.80. The van der Waals surface area contributed by atoms with E-state index in [1.807, 2.05) is 17.7 Å². The number of aromatic nitrogens is 4. The molecule has 0 unspecified atom stereocenters. The fourth-order valence-corrected chi connectivity index (χ4v) is 1.64. The highest BCUT2D eigenvalue weighted by Crippen LogP contribution is 2.21. The van der Waals surface area contributed by atoms with Gasteiger partial charge in [-0.2, -0.15) is 5.10 Å². The van der Waals surface area contributed by atoms with Gasteiger partial charge in [0.25, 0.3) is 0 Å². The van der Waals surface area contributed by atoms with Gasteiger partial charge in [-0.15, -0.1) is 0 Å². The van der Waals surface area contributed by atoms with E-state index in [4.69, 9.17) is 5.11 Å². The van der Waals surface area contributed by atoms with Crippen LogP contribution in [-0.2, 0) is 13.6 Å². The van der Waals surface area contributed by atoms with Crippen molar-refractivity contribution in [3.05, 3.63) is 24.2 Å². The van der Waals surface area contributed by atoms with Gasteiger partial charge in [-0.05, 0) is 6.92 Å². The first-order chi connectivity index (χ1) is 7.65. The number of carboxylic acid groups (broad SMARTS) is 1. The molecule has 0 aromatic carbocycles. The van der Waals surface area contributed by atoms with Gasteiger partial charge in [0.2, 0.25) is 0 Å². The molecule has 0 bridgehead atoms. The molecule has 2 aromatic heterocycles. The van der Waals surface area contributed by atoms with Crippen molar-refractivity contribution in [1.82, 2.24) is 19.3 Å². The minimum absolute atomic E-state index is 0.170. The first kappa shape index (κ1) is 10.4. The van der Waals surface area contributed by atoms with Gasteiger partial charge in [0, 0.05) is 26.0 Å². The van der Waals surface area contributed by atoms with Crippen LogP contribution in [0.25, 0.3) is 11.5 Å². The molecular formula is C10H12N4O2. The zero-order valence-electron chi connectivity index (χ0n) is 9.08. The van der Waals surface area contributed by atoms with E-state index in [2.05, 4.69) is 10.1 Å². The maximum atomic E-state index is 11.0. The van der Waals surface area contributed by atoms with E-state index in [1.165, 1.54) is 10.9 Å². The Bertz CT molecular complexity index is 527. The van der Waals surface area contributed by atoms with Crippen LogP contribution >= 0.6 is 0 Å². The Hall–Kier alpha value is -2.11. The van der Waals surface area contributed by atoms with E-state index in [0.29, 0.717) is 11.5 Å². The summed E-state index contributed by atoms with van der Waals surface area (Å²) in [6.45, 7) is 2.71. The van der Waals surface area contributed by atoms with E-state index in [0.717, 1.165) is 6.54 Å². The summed E-state index contributed by atoms with van der Waals surface area (Å²) in [4.78, 5) is 15.2. The largest absolute Gasteiger partial charge is 0.478 e. The lowest BCUT2D eigenvalue weighted by Crippen LogP contribution is -2.05. The van der Waals surface area contributed by atoms with Crippen LogP contribution in [0.5, 0.6) is 0 Å². The average Bonchev–Trinajstić information content (AvgIpc) is 2.82. The molecule has 0 atom stereocenters. The van der Waals surface area contributed by atoms with Crippen LogP contribution in [0.3, 0.4) is 0 Å². The Morgan fingerprint density at radius 1 is 1.56 bits per heavy atom. The minimum Gasteiger partial charge on any atom is -0.478 e.